The topological polar surface area (TPSA) is 95.4 Å². The van der Waals surface area contributed by atoms with E-state index in [-0.39, 0.29) is 63.8 Å². The van der Waals surface area contributed by atoms with Crippen LogP contribution in [0.1, 0.15) is 95.4 Å². The molecule has 1 aromatic heterocycles. The van der Waals surface area contributed by atoms with Gasteiger partial charge in [-0.25, -0.2) is 4.98 Å². The van der Waals surface area contributed by atoms with Gasteiger partial charge in [0.15, 0.2) is 0 Å². The summed E-state index contributed by atoms with van der Waals surface area (Å²) in [6.45, 7) is 15.4. The number of ether oxygens (including phenoxy) is 4. The van der Waals surface area contributed by atoms with Gasteiger partial charge in [0.05, 0.1) is 25.4 Å². The number of carbonyl (C=O) groups excluding carboxylic acids is 2. The maximum Gasteiger partial charge on any atom is 0.242 e. The van der Waals surface area contributed by atoms with Crippen LogP contribution < -0.4 is 9.47 Å². The van der Waals surface area contributed by atoms with Crippen LogP contribution >= 0.6 is 34.8 Å². The van der Waals surface area contributed by atoms with Gasteiger partial charge in [0, 0.05) is 71.6 Å². The Labute approximate surface area is 351 Å². The number of aryl methyl sites for hydroxylation is 1. The van der Waals surface area contributed by atoms with Gasteiger partial charge in [-0.3, -0.25) is 9.59 Å². The van der Waals surface area contributed by atoms with Gasteiger partial charge in [-0.05, 0) is 120 Å². The molecule has 0 bridgehead atoms. The third-order valence-corrected chi connectivity index (χ3v) is 14.7. The van der Waals surface area contributed by atoms with Crippen molar-refractivity contribution in [1.82, 2.24) is 19.4 Å². The highest BCUT2D eigenvalue weighted by Crippen LogP contribution is 2.57. The fraction of sp³-hybridized carbons (Fsp3) is 0.614. The number of likely N-dealkylation sites (tertiary alicyclic amines) is 2. The number of fused-ring (bicyclic) bond motifs is 6. The number of halogens is 3. The molecule has 2 amide bonds. The van der Waals surface area contributed by atoms with Crippen molar-refractivity contribution in [2.75, 3.05) is 45.3 Å². The summed E-state index contributed by atoms with van der Waals surface area (Å²) in [6.07, 6.45) is 9.54. The second-order valence-corrected chi connectivity index (χ2v) is 19.5. The molecule has 13 heteroatoms. The lowest BCUT2D eigenvalue weighted by molar-refractivity contribution is -0.176. The molecule has 4 fully saturated rings. The van der Waals surface area contributed by atoms with E-state index in [2.05, 4.69) is 32.7 Å². The molecule has 9 rings (SSSR count). The van der Waals surface area contributed by atoms with Gasteiger partial charge in [-0.15, -0.1) is 11.6 Å². The fourth-order valence-corrected chi connectivity index (χ4v) is 10.8. The smallest absolute Gasteiger partial charge is 0.242 e. The lowest BCUT2D eigenvalue weighted by Crippen LogP contribution is -2.54. The number of hydrogen-bond donors (Lipinski definition) is 0. The third-order valence-electron chi connectivity index (χ3n) is 14.0. The van der Waals surface area contributed by atoms with Gasteiger partial charge < -0.3 is 33.3 Å². The number of amides is 2. The number of hydrogen-bond acceptors (Lipinski definition) is 7. The molecule has 6 aliphatic rings. The van der Waals surface area contributed by atoms with Crippen molar-refractivity contribution >= 4 is 46.6 Å². The number of aromatic nitrogens is 2. The van der Waals surface area contributed by atoms with E-state index in [9.17, 15) is 9.59 Å². The molecule has 7 heterocycles. The molecule has 4 saturated heterocycles. The van der Waals surface area contributed by atoms with Crippen molar-refractivity contribution < 1.29 is 28.5 Å². The number of alkyl halides is 1. The van der Waals surface area contributed by atoms with Crippen LogP contribution in [0.4, 0.5) is 0 Å². The standard InChI is InChI=1S/C24H30ClN3O3.C20H25Cl2NO3/c1-16-26-8-11-28(16)14-21(29)27-9-6-24(7-10-27)13-19-22(30-15-24)18-12-17(25)4-5-20(18)31-23(19,2)3;1-19(2)15-10-20(5-7-23(8-6-20)17(24)11-21)12-25-18(15)14-9-13(22)3-4-16(14)26-19/h4-5,8,11-12,19,22H,6-7,9-10,13-15H2,1-3H3;3-4,9,15,18H,5-8,10-12H2,1-2H3. The zero-order valence-electron chi connectivity index (χ0n) is 33.7. The Hall–Kier alpha value is -3.02. The second kappa shape index (κ2) is 15.5. The minimum absolute atomic E-state index is 0.00644. The number of imidazole rings is 1. The average molecular weight is 842 g/mol. The predicted octanol–water partition coefficient (Wildman–Crippen LogP) is 8.84. The minimum Gasteiger partial charge on any atom is -0.487 e. The minimum atomic E-state index is -0.315. The zero-order valence-corrected chi connectivity index (χ0v) is 36.0. The Balaban J connectivity index is 0.000000162. The first kappa shape index (κ1) is 40.7. The molecule has 0 saturated carbocycles. The van der Waals surface area contributed by atoms with Gasteiger partial charge in [0.2, 0.25) is 11.8 Å². The van der Waals surface area contributed by atoms with E-state index in [1.807, 2.05) is 63.9 Å². The van der Waals surface area contributed by atoms with Crippen molar-refractivity contribution in [2.24, 2.45) is 22.7 Å². The highest BCUT2D eigenvalue weighted by Gasteiger charge is 2.54. The van der Waals surface area contributed by atoms with Crippen LogP contribution in [0.3, 0.4) is 0 Å². The highest BCUT2D eigenvalue weighted by molar-refractivity contribution is 6.31. The van der Waals surface area contributed by atoms with Gasteiger partial charge in [0.25, 0.3) is 0 Å². The second-order valence-electron chi connectivity index (χ2n) is 18.4. The molecule has 0 aliphatic carbocycles. The largest absolute Gasteiger partial charge is 0.487 e. The molecule has 0 N–H and O–H groups in total. The summed E-state index contributed by atoms with van der Waals surface area (Å²) in [5.74, 6) is 3.39. The number of carbonyl (C=O) groups is 2. The van der Waals surface area contributed by atoms with Gasteiger partial charge in [0.1, 0.15) is 41.0 Å². The number of benzene rings is 2. The normalized spacial score (nSPS) is 27.4. The molecule has 2 aromatic carbocycles. The molecule has 4 unspecified atom stereocenters. The van der Waals surface area contributed by atoms with Crippen molar-refractivity contribution in [2.45, 2.75) is 103 Å². The maximum atomic E-state index is 12.8. The summed E-state index contributed by atoms with van der Waals surface area (Å²) < 4.78 is 27.6. The van der Waals surface area contributed by atoms with Crippen LogP contribution in [-0.4, -0.2) is 87.6 Å². The number of piperidine rings is 2. The van der Waals surface area contributed by atoms with E-state index in [0.29, 0.717) is 16.6 Å². The van der Waals surface area contributed by atoms with E-state index in [0.717, 1.165) is 106 Å². The molecule has 6 aliphatic heterocycles. The molecular weight excluding hydrogens is 787 g/mol. The summed E-state index contributed by atoms with van der Waals surface area (Å²) in [6, 6.07) is 11.6. The van der Waals surface area contributed by atoms with Gasteiger partial charge in [-0.2, -0.15) is 0 Å². The summed E-state index contributed by atoms with van der Waals surface area (Å²) in [5.41, 5.74) is 1.72. The van der Waals surface area contributed by atoms with Crippen molar-refractivity contribution in [3.8, 4) is 11.5 Å². The van der Waals surface area contributed by atoms with Crippen LogP contribution in [0.25, 0.3) is 0 Å². The summed E-state index contributed by atoms with van der Waals surface area (Å²) in [5, 5.41) is 1.42. The molecular formula is C44H55Cl3N4O6. The Bertz CT molecular complexity index is 1990. The van der Waals surface area contributed by atoms with E-state index >= 15 is 0 Å². The SMILES string of the molecule is CC1(C)Oc2ccc(Cl)cc2C2OCC3(CCN(C(=O)CCl)CC3)CC21.Cc1nccn1CC(=O)N1CCC2(CC1)COC1c3cc(Cl)ccc3OC(C)(C)C1C2. The summed E-state index contributed by atoms with van der Waals surface area (Å²) in [7, 11) is 0. The first-order valence-corrected chi connectivity index (χ1v) is 21.7. The van der Waals surface area contributed by atoms with Crippen molar-refractivity contribution in [3.05, 3.63) is 75.8 Å². The first-order valence-electron chi connectivity index (χ1n) is 20.4. The Morgan fingerprint density at radius 2 is 1.19 bits per heavy atom. The zero-order chi connectivity index (χ0) is 40.3. The summed E-state index contributed by atoms with van der Waals surface area (Å²) in [4.78, 5) is 32.8. The van der Waals surface area contributed by atoms with E-state index < -0.39 is 0 Å². The van der Waals surface area contributed by atoms with Crippen molar-refractivity contribution in [1.29, 1.82) is 0 Å². The van der Waals surface area contributed by atoms with Gasteiger partial charge in [-0.1, -0.05) is 23.2 Å². The van der Waals surface area contributed by atoms with Crippen LogP contribution in [-0.2, 0) is 25.6 Å². The quantitative estimate of drug-likeness (QED) is 0.244. The monoisotopic (exact) mass is 840 g/mol. The highest BCUT2D eigenvalue weighted by atomic mass is 35.5. The van der Waals surface area contributed by atoms with Gasteiger partial charge >= 0.3 is 0 Å². The lowest BCUT2D eigenvalue weighted by atomic mass is 9.64. The third kappa shape index (κ3) is 8.03. The van der Waals surface area contributed by atoms with Crippen LogP contribution in [0.2, 0.25) is 10.0 Å². The van der Waals surface area contributed by atoms with E-state index in [1.54, 1.807) is 6.20 Å². The molecule has 308 valence electrons. The molecule has 4 atom stereocenters. The first-order chi connectivity index (χ1) is 27.1. The van der Waals surface area contributed by atoms with Crippen LogP contribution in [0.15, 0.2) is 48.8 Å². The number of rotatable bonds is 3. The molecule has 57 heavy (non-hydrogen) atoms. The Morgan fingerprint density at radius 3 is 1.61 bits per heavy atom. The fourth-order valence-electron chi connectivity index (χ4n) is 10.3. The van der Waals surface area contributed by atoms with E-state index in [4.69, 9.17) is 53.8 Å². The van der Waals surface area contributed by atoms with Crippen molar-refractivity contribution in [3.63, 3.8) is 0 Å². The van der Waals surface area contributed by atoms with E-state index in [1.165, 1.54) is 0 Å². The lowest BCUT2D eigenvalue weighted by Gasteiger charge is -2.54. The van der Waals surface area contributed by atoms with Crippen LogP contribution in [0.5, 0.6) is 11.5 Å². The molecule has 3 aromatic rings. The Kier molecular flexibility index (Phi) is 11.1. The molecule has 10 nitrogen and oxygen atoms in total. The summed E-state index contributed by atoms with van der Waals surface area (Å²) >= 11 is 18.2. The maximum absolute atomic E-state index is 12.8. The number of nitrogens with zero attached hydrogens (tertiary/aromatic N) is 4. The molecule has 0 radical (unpaired) electrons. The average Bonchev–Trinajstić information content (AvgIpc) is 3.59. The Morgan fingerprint density at radius 1 is 0.737 bits per heavy atom. The predicted molar refractivity (Wildman–Crippen MR) is 220 cm³/mol. The van der Waals surface area contributed by atoms with Crippen LogP contribution in [0, 0.1) is 29.6 Å². The molecule has 2 spiro atoms.